The summed E-state index contributed by atoms with van der Waals surface area (Å²) >= 11 is 0. The van der Waals surface area contributed by atoms with Crippen molar-refractivity contribution < 1.29 is 13.2 Å². The third-order valence-electron chi connectivity index (χ3n) is 3.62. The summed E-state index contributed by atoms with van der Waals surface area (Å²) in [5.74, 6) is -0.483. The average Bonchev–Trinajstić information content (AvgIpc) is 3.01. The fourth-order valence-electron chi connectivity index (χ4n) is 2.31. The van der Waals surface area contributed by atoms with E-state index in [1.54, 1.807) is 31.2 Å². The topological polar surface area (TPSA) is 105 Å². The summed E-state index contributed by atoms with van der Waals surface area (Å²) in [7, 11) is -0.0449. The number of hydrogen-bond donors (Lipinski definition) is 3. The maximum Gasteiger partial charge on any atom is 0.241 e. The second-order valence-corrected chi connectivity index (χ2v) is 7.51. The van der Waals surface area contributed by atoms with Crippen LogP contribution in [0.25, 0.3) is 0 Å². The molecule has 2 aromatic rings. The third kappa shape index (κ3) is 5.96. The Bertz CT molecular complexity index is 789. The number of rotatable bonds is 9. The fraction of sp³-hybridized carbons (Fsp3) is 0.375. The van der Waals surface area contributed by atoms with Crippen molar-refractivity contribution >= 4 is 15.9 Å². The monoisotopic (exact) mass is 365 g/mol. The van der Waals surface area contributed by atoms with Crippen molar-refractivity contribution in [3.8, 4) is 0 Å². The number of hydrogen-bond acceptors (Lipinski definition) is 5. The number of benzene rings is 1. The van der Waals surface area contributed by atoms with Crippen molar-refractivity contribution in [2.75, 3.05) is 19.3 Å². The maximum atomic E-state index is 12.2. The van der Waals surface area contributed by atoms with Crippen LogP contribution in [-0.4, -0.2) is 43.5 Å². The molecule has 0 radical (unpaired) electrons. The molecular formula is C16H23N5O3S. The van der Waals surface area contributed by atoms with Crippen LogP contribution in [0.15, 0.2) is 42.7 Å². The fourth-order valence-corrected chi connectivity index (χ4v) is 3.21. The standard InChI is InChI=1S/C16H23N5O3S/c1-17-15(14-11-19-21(2)12-14)16(22)18-8-9-25(23,24)20-10-13-6-4-3-5-7-13/h3-7,11-12,15,17,20H,8-10H2,1-2H3,(H,18,22). The van der Waals surface area contributed by atoms with Crippen molar-refractivity contribution in [1.82, 2.24) is 25.1 Å². The molecule has 0 saturated heterocycles. The highest BCUT2D eigenvalue weighted by Crippen LogP contribution is 2.10. The summed E-state index contributed by atoms with van der Waals surface area (Å²) in [6.07, 6.45) is 3.33. The van der Waals surface area contributed by atoms with Crippen LogP contribution < -0.4 is 15.4 Å². The van der Waals surface area contributed by atoms with Crippen LogP contribution in [0, 0.1) is 0 Å². The number of amides is 1. The highest BCUT2D eigenvalue weighted by Gasteiger charge is 2.20. The Kier molecular flexibility index (Phi) is 6.68. The Morgan fingerprint density at radius 1 is 1.28 bits per heavy atom. The van der Waals surface area contributed by atoms with Crippen molar-refractivity contribution in [2.45, 2.75) is 12.6 Å². The van der Waals surface area contributed by atoms with E-state index < -0.39 is 16.1 Å². The molecular weight excluding hydrogens is 342 g/mol. The molecule has 0 aliphatic rings. The smallest absolute Gasteiger partial charge is 0.241 e. The lowest BCUT2D eigenvalue weighted by Gasteiger charge is -2.14. The average molecular weight is 365 g/mol. The van der Waals surface area contributed by atoms with Crippen LogP contribution >= 0.6 is 0 Å². The van der Waals surface area contributed by atoms with Crippen LogP contribution in [0.2, 0.25) is 0 Å². The lowest BCUT2D eigenvalue weighted by Crippen LogP contribution is -2.39. The predicted molar refractivity (Wildman–Crippen MR) is 95.1 cm³/mol. The first kappa shape index (κ1) is 19.1. The van der Waals surface area contributed by atoms with Gasteiger partial charge in [-0.05, 0) is 12.6 Å². The van der Waals surface area contributed by atoms with Crippen LogP contribution in [0.5, 0.6) is 0 Å². The summed E-state index contributed by atoms with van der Waals surface area (Å²) in [5.41, 5.74) is 1.59. The Hall–Kier alpha value is -2.23. The van der Waals surface area contributed by atoms with E-state index in [1.165, 1.54) is 0 Å². The molecule has 3 N–H and O–H groups in total. The van der Waals surface area contributed by atoms with Gasteiger partial charge in [0.15, 0.2) is 0 Å². The zero-order valence-electron chi connectivity index (χ0n) is 14.3. The molecule has 8 nitrogen and oxygen atoms in total. The second kappa shape index (κ2) is 8.75. The highest BCUT2D eigenvalue weighted by molar-refractivity contribution is 7.89. The molecule has 136 valence electrons. The molecule has 0 fully saturated rings. The summed E-state index contributed by atoms with van der Waals surface area (Å²) in [4.78, 5) is 12.2. The molecule has 1 aromatic carbocycles. The first-order valence-corrected chi connectivity index (χ1v) is 9.51. The SMILES string of the molecule is CNC(C(=O)NCCS(=O)(=O)NCc1ccccc1)c1cnn(C)c1. The summed E-state index contributed by atoms with van der Waals surface area (Å²) in [5, 5.41) is 9.56. The molecule has 1 amide bonds. The number of nitrogens with one attached hydrogen (secondary N) is 3. The van der Waals surface area contributed by atoms with Gasteiger partial charge in [0.2, 0.25) is 15.9 Å². The van der Waals surface area contributed by atoms with Crippen LogP contribution in [0.1, 0.15) is 17.2 Å². The first-order valence-electron chi connectivity index (χ1n) is 7.86. The number of aromatic nitrogens is 2. The van der Waals surface area contributed by atoms with Crippen molar-refractivity contribution in [1.29, 1.82) is 0 Å². The molecule has 1 heterocycles. The Morgan fingerprint density at radius 3 is 2.60 bits per heavy atom. The van der Waals surface area contributed by atoms with Gasteiger partial charge in [-0.25, -0.2) is 13.1 Å². The number of carbonyl (C=O) groups is 1. The van der Waals surface area contributed by atoms with Crippen LogP contribution in [0.4, 0.5) is 0 Å². The molecule has 0 saturated carbocycles. The van der Waals surface area contributed by atoms with Crippen LogP contribution in [-0.2, 0) is 28.4 Å². The van der Waals surface area contributed by atoms with E-state index in [1.807, 2.05) is 30.3 Å². The molecule has 25 heavy (non-hydrogen) atoms. The van der Waals surface area contributed by atoms with Gasteiger partial charge in [0.1, 0.15) is 6.04 Å². The van der Waals surface area contributed by atoms with Gasteiger partial charge >= 0.3 is 0 Å². The zero-order chi connectivity index (χ0) is 18.3. The van der Waals surface area contributed by atoms with Gasteiger partial charge in [-0.1, -0.05) is 30.3 Å². The first-order chi connectivity index (χ1) is 11.9. The highest BCUT2D eigenvalue weighted by atomic mass is 32.2. The second-order valence-electron chi connectivity index (χ2n) is 5.59. The number of sulfonamides is 1. The lowest BCUT2D eigenvalue weighted by atomic mass is 10.1. The third-order valence-corrected chi connectivity index (χ3v) is 4.94. The van der Waals surface area contributed by atoms with E-state index in [2.05, 4.69) is 20.5 Å². The molecule has 1 aromatic heterocycles. The summed E-state index contributed by atoms with van der Waals surface area (Å²) < 4.78 is 28.1. The number of carbonyl (C=O) groups excluding carboxylic acids is 1. The van der Waals surface area contributed by atoms with Crippen molar-refractivity contribution in [3.63, 3.8) is 0 Å². The molecule has 0 bridgehead atoms. The molecule has 1 unspecified atom stereocenters. The normalized spacial score (nSPS) is 12.7. The van der Waals surface area contributed by atoms with Gasteiger partial charge in [-0.3, -0.25) is 9.48 Å². The van der Waals surface area contributed by atoms with Gasteiger partial charge in [-0.15, -0.1) is 0 Å². The minimum Gasteiger partial charge on any atom is -0.353 e. The van der Waals surface area contributed by atoms with E-state index in [9.17, 15) is 13.2 Å². The van der Waals surface area contributed by atoms with Gasteiger partial charge in [-0.2, -0.15) is 5.10 Å². The molecule has 0 spiro atoms. The summed E-state index contributed by atoms with van der Waals surface area (Å²) in [6, 6.07) is 8.67. The Balaban J connectivity index is 1.81. The van der Waals surface area contributed by atoms with E-state index in [-0.39, 0.29) is 24.7 Å². The van der Waals surface area contributed by atoms with Gasteiger partial charge in [0.05, 0.1) is 11.9 Å². The van der Waals surface area contributed by atoms with Gasteiger partial charge in [0, 0.05) is 31.9 Å². The molecule has 1 atom stereocenters. The maximum absolute atomic E-state index is 12.2. The lowest BCUT2D eigenvalue weighted by molar-refractivity contribution is -0.123. The van der Waals surface area contributed by atoms with Crippen molar-refractivity contribution in [2.24, 2.45) is 7.05 Å². The summed E-state index contributed by atoms with van der Waals surface area (Å²) in [6.45, 7) is 0.257. The molecule has 9 heteroatoms. The zero-order valence-corrected chi connectivity index (χ0v) is 15.1. The van der Waals surface area contributed by atoms with E-state index in [4.69, 9.17) is 0 Å². The molecule has 0 aliphatic heterocycles. The predicted octanol–water partition coefficient (Wildman–Crippen LogP) is -0.0836. The van der Waals surface area contributed by atoms with Crippen molar-refractivity contribution in [3.05, 3.63) is 53.9 Å². The quantitative estimate of drug-likeness (QED) is 0.576. The molecule has 0 aliphatic carbocycles. The van der Waals surface area contributed by atoms with E-state index >= 15 is 0 Å². The molecule has 2 rings (SSSR count). The largest absolute Gasteiger partial charge is 0.353 e. The van der Waals surface area contributed by atoms with E-state index in [0.29, 0.717) is 5.56 Å². The number of likely N-dealkylation sites (N-methyl/N-ethyl adjacent to an activating group) is 1. The minimum absolute atomic E-state index is 0.0292. The number of nitrogens with zero attached hydrogens (tertiary/aromatic N) is 2. The van der Waals surface area contributed by atoms with E-state index in [0.717, 1.165) is 5.56 Å². The van der Waals surface area contributed by atoms with Gasteiger partial charge in [0.25, 0.3) is 0 Å². The number of aryl methyl sites for hydroxylation is 1. The van der Waals surface area contributed by atoms with Gasteiger partial charge < -0.3 is 10.6 Å². The minimum atomic E-state index is -3.47. The van der Waals surface area contributed by atoms with Crippen LogP contribution in [0.3, 0.4) is 0 Å². The Labute approximate surface area is 147 Å². The Morgan fingerprint density at radius 2 is 2.00 bits per heavy atom.